The topological polar surface area (TPSA) is 62.5 Å². The van der Waals surface area contributed by atoms with Crippen LogP contribution in [0.4, 0.5) is 0 Å². The zero-order chi connectivity index (χ0) is 13.3. The quantitative estimate of drug-likeness (QED) is 0.870. The van der Waals surface area contributed by atoms with Gasteiger partial charge in [-0.05, 0) is 31.4 Å². The van der Waals surface area contributed by atoms with Crippen molar-refractivity contribution in [2.24, 2.45) is 7.05 Å². The lowest BCUT2D eigenvalue weighted by atomic mass is 9.99. The van der Waals surface area contributed by atoms with Crippen LogP contribution in [0.3, 0.4) is 0 Å². The Morgan fingerprint density at radius 2 is 2.06 bits per heavy atom. The van der Waals surface area contributed by atoms with Crippen LogP contribution in [0.2, 0.25) is 0 Å². The average Bonchev–Trinajstić information content (AvgIpc) is 2.71. The van der Waals surface area contributed by atoms with Crippen LogP contribution in [-0.2, 0) is 11.8 Å². The minimum atomic E-state index is -0.936. The van der Waals surface area contributed by atoms with Gasteiger partial charge in [-0.2, -0.15) is 0 Å². The van der Waals surface area contributed by atoms with Crippen molar-refractivity contribution in [3.8, 4) is 0 Å². The molecule has 1 fully saturated rings. The lowest BCUT2D eigenvalue weighted by molar-refractivity contribution is -0.132. The Morgan fingerprint density at radius 3 is 2.61 bits per heavy atom. The molecule has 1 aliphatic heterocycles. The summed E-state index contributed by atoms with van der Waals surface area (Å²) in [4.78, 5) is 24.5. The van der Waals surface area contributed by atoms with Crippen LogP contribution in [0, 0.1) is 0 Å². The van der Waals surface area contributed by atoms with Gasteiger partial charge in [0.1, 0.15) is 5.69 Å². The molecule has 2 heterocycles. The monoisotopic (exact) mass is 250 g/mol. The smallest absolute Gasteiger partial charge is 0.352 e. The third-order valence-corrected chi connectivity index (χ3v) is 3.63. The normalized spacial score (nSPS) is 19.9. The number of rotatable bonds is 2. The van der Waals surface area contributed by atoms with Crippen LogP contribution in [0.25, 0.3) is 0 Å². The average molecular weight is 250 g/mol. The second-order valence-electron chi connectivity index (χ2n) is 4.73. The van der Waals surface area contributed by atoms with Crippen molar-refractivity contribution in [2.75, 3.05) is 6.54 Å². The van der Waals surface area contributed by atoms with Crippen LogP contribution in [0.5, 0.6) is 0 Å². The molecule has 1 N–H and O–H groups in total. The molecule has 1 amide bonds. The van der Waals surface area contributed by atoms with Crippen molar-refractivity contribution < 1.29 is 14.7 Å². The van der Waals surface area contributed by atoms with E-state index in [1.165, 1.54) is 0 Å². The molecule has 1 aromatic rings. The van der Waals surface area contributed by atoms with E-state index in [0.717, 1.165) is 31.5 Å². The molecular weight excluding hydrogens is 232 g/mol. The fraction of sp³-hybridized carbons (Fsp3) is 0.538. The number of carbonyl (C=O) groups is 2. The van der Waals surface area contributed by atoms with E-state index in [2.05, 4.69) is 0 Å². The molecular formula is C13H18N2O3. The van der Waals surface area contributed by atoms with E-state index in [4.69, 9.17) is 5.11 Å². The van der Waals surface area contributed by atoms with Crippen molar-refractivity contribution in [1.82, 2.24) is 9.47 Å². The molecule has 2 rings (SSSR count). The third kappa shape index (κ3) is 2.12. The van der Waals surface area contributed by atoms with Crippen molar-refractivity contribution >= 4 is 11.9 Å². The van der Waals surface area contributed by atoms with E-state index in [9.17, 15) is 9.59 Å². The molecule has 0 bridgehead atoms. The molecule has 0 radical (unpaired) electrons. The van der Waals surface area contributed by atoms with Gasteiger partial charge in [0.05, 0.1) is 6.04 Å². The molecule has 1 atom stereocenters. The van der Waals surface area contributed by atoms with E-state index in [0.29, 0.717) is 0 Å². The zero-order valence-corrected chi connectivity index (χ0v) is 10.7. The summed E-state index contributed by atoms with van der Waals surface area (Å²) in [6, 6.07) is 3.43. The van der Waals surface area contributed by atoms with E-state index in [-0.39, 0.29) is 17.6 Å². The largest absolute Gasteiger partial charge is 0.477 e. The summed E-state index contributed by atoms with van der Waals surface area (Å²) in [5.41, 5.74) is 1.17. The molecule has 1 aliphatic rings. The number of carbonyl (C=O) groups excluding carboxylic acids is 1. The molecule has 1 aromatic heterocycles. The van der Waals surface area contributed by atoms with Gasteiger partial charge in [-0.1, -0.05) is 0 Å². The van der Waals surface area contributed by atoms with Gasteiger partial charge in [-0.3, -0.25) is 4.79 Å². The molecule has 98 valence electrons. The highest BCUT2D eigenvalue weighted by Crippen LogP contribution is 2.31. The van der Waals surface area contributed by atoms with Crippen LogP contribution in [0.1, 0.15) is 48.4 Å². The van der Waals surface area contributed by atoms with Gasteiger partial charge in [-0.25, -0.2) is 4.79 Å². The Morgan fingerprint density at radius 1 is 1.33 bits per heavy atom. The predicted molar refractivity (Wildman–Crippen MR) is 66.4 cm³/mol. The van der Waals surface area contributed by atoms with E-state index >= 15 is 0 Å². The Balaban J connectivity index is 2.34. The summed E-state index contributed by atoms with van der Waals surface area (Å²) >= 11 is 0. The van der Waals surface area contributed by atoms with Gasteiger partial charge in [0.25, 0.3) is 0 Å². The van der Waals surface area contributed by atoms with Gasteiger partial charge in [0.15, 0.2) is 0 Å². The van der Waals surface area contributed by atoms with E-state index in [1.54, 1.807) is 24.6 Å². The maximum atomic E-state index is 11.6. The molecule has 1 unspecified atom stereocenters. The fourth-order valence-corrected chi connectivity index (χ4v) is 2.69. The number of carboxylic acid groups (broad SMARTS) is 1. The second kappa shape index (κ2) is 4.84. The van der Waals surface area contributed by atoms with Gasteiger partial charge in [-0.15, -0.1) is 0 Å². The van der Waals surface area contributed by atoms with Gasteiger partial charge in [0, 0.05) is 26.2 Å². The number of carboxylic acids is 1. The first-order valence-electron chi connectivity index (χ1n) is 6.18. The van der Waals surface area contributed by atoms with Crippen molar-refractivity contribution in [3.05, 3.63) is 23.5 Å². The van der Waals surface area contributed by atoms with Crippen molar-refractivity contribution in [3.63, 3.8) is 0 Å². The summed E-state index contributed by atoms with van der Waals surface area (Å²) in [6.07, 6.45) is 2.99. The maximum absolute atomic E-state index is 11.6. The highest BCUT2D eigenvalue weighted by Gasteiger charge is 2.28. The zero-order valence-electron chi connectivity index (χ0n) is 10.7. The number of piperidine rings is 1. The Hall–Kier alpha value is -1.78. The maximum Gasteiger partial charge on any atom is 0.352 e. The SMILES string of the molecule is CC(=O)N1CCCCC1c1ccc(C(=O)O)n1C. The second-order valence-corrected chi connectivity index (χ2v) is 4.73. The third-order valence-electron chi connectivity index (χ3n) is 3.63. The molecule has 1 saturated heterocycles. The summed E-state index contributed by atoms with van der Waals surface area (Å²) in [5.74, 6) is -0.883. The summed E-state index contributed by atoms with van der Waals surface area (Å²) in [5, 5.41) is 9.05. The fourth-order valence-electron chi connectivity index (χ4n) is 2.69. The highest BCUT2D eigenvalue weighted by molar-refractivity contribution is 5.86. The minimum Gasteiger partial charge on any atom is -0.477 e. The van der Waals surface area contributed by atoms with Crippen LogP contribution < -0.4 is 0 Å². The van der Waals surface area contributed by atoms with Crippen LogP contribution in [-0.4, -0.2) is 33.0 Å². The summed E-state index contributed by atoms with van der Waals surface area (Å²) in [6.45, 7) is 2.33. The Kier molecular flexibility index (Phi) is 3.41. The lowest BCUT2D eigenvalue weighted by Gasteiger charge is -2.35. The molecule has 5 heteroatoms. The molecule has 18 heavy (non-hydrogen) atoms. The lowest BCUT2D eigenvalue weighted by Crippen LogP contribution is -2.37. The summed E-state index contributed by atoms with van der Waals surface area (Å²) < 4.78 is 1.67. The molecule has 0 spiro atoms. The highest BCUT2D eigenvalue weighted by atomic mass is 16.4. The Labute approximate surface area is 106 Å². The Bertz CT molecular complexity index is 479. The minimum absolute atomic E-state index is 0.00866. The first-order chi connectivity index (χ1) is 8.52. The predicted octanol–water partition coefficient (Wildman–Crippen LogP) is 1.80. The van der Waals surface area contributed by atoms with Crippen molar-refractivity contribution in [1.29, 1.82) is 0 Å². The standard InChI is InChI=1S/C13H18N2O3/c1-9(16)15-8-4-3-5-11(15)10-6-7-12(13(17)18)14(10)2/h6-7,11H,3-5,8H2,1-2H3,(H,17,18). The van der Waals surface area contributed by atoms with Crippen LogP contribution in [0.15, 0.2) is 12.1 Å². The molecule has 0 aliphatic carbocycles. The number of likely N-dealkylation sites (tertiary alicyclic amines) is 1. The first kappa shape index (κ1) is 12.7. The molecule has 5 nitrogen and oxygen atoms in total. The number of amides is 1. The number of aromatic nitrogens is 1. The first-order valence-corrected chi connectivity index (χ1v) is 6.18. The number of aromatic carboxylic acids is 1. The van der Waals surface area contributed by atoms with Gasteiger partial charge >= 0.3 is 5.97 Å². The van der Waals surface area contributed by atoms with E-state index < -0.39 is 5.97 Å². The number of hydrogen-bond donors (Lipinski definition) is 1. The number of nitrogens with zero attached hydrogens (tertiary/aromatic N) is 2. The van der Waals surface area contributed by atoms with Gasteiger partial charge < -0.3 is 14.6 Å². The van der Waals surface area contributed by atoms with Crippen LogP contribution >= 0.6 is 0 Å². The summed E-state index contributed by atoms with van der Waals surface area (Å²) in [7, 11) is 1.74. The number of hydrogen-bond acceptors (Lipinski definition) is 2. The van der Waals surface area contributed by atoms with Gasteiger partial charge in [0.2, 0.25) is 5.91 Å². The van der Waals surface area contributed by atoms with Crippen molar-refractivity contribution in [2.45, 2.75) is 32.2 Å². The van der Waals surface area contributed by atoms with E-state index in [1.807, 2.05) is 11.0 Å². The molecule has 0 saturated carbocycles. The molecule has 0 aromatic carbocycles.